The predicted molar refractivity (Wildman–Crippen MR) is 133 cm³/mol. The van der Waals surface area contributed by atoms with Crippen LogP contribution in [0.2, 0.25) is 0 Å². The van der Waals surface area contributed by atoms with Crippen LogP contribution in [0, 0.1) is 0 Å². The van der Waals surface area contributed by atoms with Crippen LogP contribution in [0.5, 0.6) is 0 Å². The molecule has 0 aromatic carbocycles. The van der Waals surface area contributed by atoms with Gasteiger partial charge in [0.25, 0.3) is 0 Å². The first-order valence-corrected chi connectivity index (χ1v) is 13.2. The van der Waals surface area contributed by atoms with Crippen molar-refractivity contribution >= 4 is 34.1 Å². The van der Waals surface area contributed by atoms with Gasteiger partial charge in [0.05, 0.1) is 0 Å². The molecule has 2 aliphatic rings. The third-order valence-corrected chi connectivity index (χ3v) is 7.63. The SMILES string of the molecule is CCCc1cnc(Nc2cccc(C3CCN(C(=O)C4CCCCN4C(=O)COC)CC3)n2)s1. The summed E-state index contributed by atoms with van der Waals surface area (Å²) in [6.07, 6.45) is 8.49. The molecule has 0 radical (unpaired) electrons. The Hall–Kier alpha value is -2.52. The average molecular weight is 486 g/mol. The molecular weight excluding hydrogens is 450 g/mol. The minimum absolute atomic E-state index is 0.0306. The number of likely N-dealkylation sites (tertiary alicyclic amines) is 2. The number of piperidine rings is 2. The summed E-state index contributed by atoms with van der Waals surface area (Å²) in [6.45, 7) is 4.22. The van der Waals surface area contributed by atoms with Gasteiger partial charge in [-0.3, -0.25) is 9.59 Å². The molecule has 9 heteroatoms. The first kappa shape index (κ1) is 24.6. The number of thiazole rings is 1. The summed E-state index contributed by atoms with van der Waals surface area (Å²) in [5.74, 6) is 1.11. The van der Waals surface area contributed by atoms with Crippen molar-refractivity contribution in [3.8, 4) is 0 Å². The van der Waals surface area contributed by atoms with Crippen LogP contribution in [0.4, 0.5) is 10.9 Å². The molecule has 1 unspecified atom stereocenters. The van der Waals surface area contributed by atoms with Crippen molar-refractivity contribution < 1.29 is 14.3 Å². The number of ether oxygens (including phenoxy) is 1. The monoisotopic (exact) mass is 485 g/mol. The molecular formula is C25H35N5O3S. The van der Waals surface area contributed by atoms with Crippen LogP contribution in [0.1, 0.15) is 61.9 Å². The van der Waals surface area contributed by atoms with Gasteiger partial charge < -0.3 is 19.9 Å². The molecule has 1 N–H and O–H groups in total. The van der Waals surface area contributed by atoms with E-state index in [0.29, 0.717) is 25.6 Å². The number of aromatic nitrogens is 2. The molecule has 2 aromatic rings. The van der Waals surface area contributed by atoms with Crippen molar-refractivity contribution in [3.05, 3.63) is 35.0 Å². The van der Waals surface area contributed by atoms with Gasteiger partial charge in [-0.25, -0.2) is 9.97 Å². The second-order valence-electron chi connectivity index (χ2n) is 9.09. The molecule has 0 aliphatic carbocycles. The number of amides is 2. The average Bonchev–Trinajstić information content (AvgIpc) is 3.31. The lowest BCUT2D eigenvalue weighted by molar-refractivity contribution is -0.150. The zero-order chi connectivity index (χ0) is 23.9. The van der Waals surface area contributed by atoms with E-state index in [9.17, 15) is 9.59 Å². The molecule has 2 aliphatic heterocycles. The van der Waals surface area contributed by atoms with Crippen LogP contribution < -0.4 is 5.32 Å². The van der Waals surface area contributed by atoms with Gasteiger partial charge in [0, 0.05) is 49.4 Å². The van der Waals surface area contributed by atoms with Gasteiger partial charge in [-0.15, -0.1) is 11.3 Å². The minimum Gasteiger partial charge on any atom is -0.375 e. The van der Waals surface area contributed by atoms with E-state index in [4.69, 9.17) is 9.72 Å². The molecule has 0 bridgehead atoms. The van der Waals surface area contributed by atoms with Gasteiger partial charge in [0.15, 0.2) is 5.13 Å². The molecule has 34 heavy (non-hydrogen) atoms. The molecule has 2 amide bonds. The van der Waals surface area contributed by atoms with Gasteiger partial charge in [0.2, 0.25) is 11.8 Å². The summed E-state index contributed by atoms with van der Waals surface area (Å²) in [6, 6.07) is 5.72. The van der Waals surface area contributed by atoms with E-state index in [2.05, 4.69) is 23.3 Å². The normalized spacial score (nSPS) is 19.3. The van der Waals surface area contributed by atoms with Gasteiger partial charge in [-0.05, 0) is 50.7 Å². The van der Waals surface area contributed by atoms with Crippen LogP contribution in [-0.4, -0.2) is 71.0 Å². The van der Waals surface area contributed by atoms with Crippen LogP contribution >= 0.6 is 11.3 Å². The summed E-state index contributed by atoms with van der Waals surface area (Å²) in [7, 11) is 1.52. The van der Waals surface area contributed by atoms with Crippen molar-refractivity contribution in [2.45, 2.75) is 63.8 Å². The summed E-state index contributed by atoms with van der Waals surface area (Å²) >= 11 is 1.67. The highest BCUT2D eigenvalue weighted by Crippen LogP contribution is 2.30. The molecule has 2 fully saturated rings. The molecule has 4 heterocycles. The molecule has 0 saturated carbocycles. The highest BCUT2D eigenvalue weighted by molar-refractivity contribution is 7.15. The molecule has 2 aromatic heterocycles. The largest absolute Gasteiger partial charge is 0.375 e. The third kappa shape index (κ3) is 5.93. The lowest BCUT2D eigenvalue weighted by atomic mass is 9.92. The maximum absolute atomic E-state index is 13.3. The fourth-order valence-electron chi connectivity index (χ4n) is 4.88. The highest BCUT2D eigenvalue weighted by Gasteiger charge is 2.36. The summed E-state index contributed by atoms with van der Waals surface area (Å²) < 4.78 is 5.02. The van der Waals surface area contributed by atoms with E-state index in [-0.39, 0.29) is 24.5 Å². The van der Waals surface area contributed by atoms with Crippen molar-refractivity contribution in [2.24, 2.45) is 0 Å². The quantitative estimate of drug-likeness (QED) is 0.609. The Morgan fingerprint density at radius 2 is 2.00 bits per heavy atom. The van der Waals surface area contributed by atoms with E-state index in [0.717, 1.165) is 61.6 Å². The highest BCUT2D eigenvalue weighted by atomic mass is 32.1. The molecule has 2 saturated heterocycles. The Bertz CT molecular complexity index is 973. The fraction of sp³-hybridized carbons (Fsp3) is 0.600. The van der Waals surface area contributed by atoms with Crippen LogP contribution in [-0.2, 0) is 20.7 Å². The van der Waals surface area contributed by atoms with Gasteiger partial charge >= 0.3 is 0 Å². The van der Waals surface area contributed by atoms with Gasteiger partial charge in [0.1, 0.15) is 18.5 Å². The molecule has 0 spiro atoms. The fourth-order valence-corrected chi connectivity index (χ4v) is 5.81. The predicted octanol–water partition coefficient (Wildman–Crippen LogP) is 3.97. The number of carbonyl (C=O) groups is 2. The zero-order valence-electron chi connectivity index (χ0n) is 20.2. The Balaban J connectivity index is 1.34. The lowest BCUT2D eigenvalue weighted by Crippen LogP contribution is -2.55. The van der Waals surface area contributed by atoms with Crippen molar-refractivity contribution in [2.75, 3.05) is 38.7 Å². The number of pyridine rings is 1. The van der Waals surface area contributed by atoms with Gasteiger partial charge in [-0.2, -0.15) is 0 Å². The van der Waals surface area contributed by atoms with E-state index in [1.165, 1.54) is 12.0 Å². The number of hydrogen-bond donors (Lipinski definition) is 1. The molecule has 4 rings (SSSR count). The Labute approximate surface area is 205 Å². The maximum atomic E-state index is 13.3. The number of nitrogens with zero attached hydrogens (tertiary/aromatic N) is 4. The Morgan fingerprint density at radius 3 is 2.76 bits per heavy atom. The first-order chi connectivity index (χ1) is 16.6. The first-order valence-electron chi connectivity index (χ1n) is 12.3. The molecule has 8 nitrogen and oxygen atoms in total. The van der Waals surface area contributed by atoms with E-state index in [1.54, 1.807) is 16.2 Å². The summed E-state index contributed by atoms with van der Waals surface area (Å²) in [5, 5.41) is 4.21. The van der Waals surface area contributed by atoms with E-state index in [1.807, 2.05) is 23.2 Å². The van der Waals surface area contributed by atoms with Crippen LogP contribution in [0.3, 0.4) is 0 Å². The second kappa shape index (κ2) is 11.8. The maximum Gasteiger partial charge on any atom is 0.249 e. The number of rotatable bonds is 8. The topological polar surface area (TPSA) is 87.7 Å². The lowest BCUT2D eigenvalue weighted by Gasteiger charge is -2.40. The minimum atomic E-state index is -0.352. The number of methoxy groups -OCH3 is 1. The van der Waals surface area contributed by atoms with Crippen molar-refractivity contribution in [1.82, 2.24) is 19.8 Å². The molecule has 1 atom stereocenters. The smallest absolute Gasteiger partial charge is 0.249 e. The standard InChI is InChI=1S/C25H35N5O3S/c1-3-7-19-16-26-25(34-19)28-22-10-6-8-20(27-22)18-11-14-29(15-12-18)24(32)21-9-4-5-13-30(21)23(31)17-33-2/h6,8,10,16,18,21H,3-5,7,9,11-15,17H2,1-2H3,(H,26,27,28). The number of carbonyl (C=O) groups excluding carboxylic acids is 2. The molecule has 184 valence electrons. The number of hydrogen-bond acceptors (Lipinski definition) is 7. The summed E-state index contributed by atoms with van der Waals surface area (Å²) in [4.78, 5) is 40.0. The second-order valence-corrected chi connectivity index (χ2v) is 10.2. The Morgan fingerprint density at radius 1 is 1.18 bits per heavy atom. The van der Waals surface area contributed by atoms with Crippen LogP contribution in [0.15, 0.2) is 24.4 Å². The summed E-state index contributed by atoms with van der Waals surface area (Å²) in [5.41, 5.74) is 1.05. The van der Waals surface area contributed by atoms with E-state index < -0.39 is 0 Å². The third-order valence-electron chi connectivity index (χ3n) is 6.66. The van der Waals surface area contributed by atoms with Crippen molar-refractivity contribution in [3.63, 3.8) is 0 Å². The Kier molecular flexibility index (Phi) is 8.50. The number of anilines is 2. The zero-order valence-corrected chi connectivity index (χ0v) is 21.0. The number of aryl methyl sites for hydroxylation is 1. The van der Waals surface area contributed by atoms with Gasteiger partial charge in [-0.1, -0.05) is 19.4 Å². The van der Waals surface area contributed by atoms with Crippen molar-refractivity contribution in [1.29, 1.82) is 0 Å². The van der Waals surface area contributed by atoms with Crippen LogP contribution in [0.25, 0.3) is 0 Å². The number of nitrogens with one attached hydrogen (secondary N) is 1. The van der Waals surface area contributed by atoms with E-state index >= 15 is 0 Å².